The van der Waals surface area contributed by atoms with Crippen LogP contribution in [0.1, 0.15) is 11.3 Å². The van der Waals surface area contributed by atoms with Crippen molar-refractivity contribution in [3.8, 4) is 11.3 Å². The van der Waals surface area contributed by atoms with Gasteiger partial charge in [-0.2, -0.15) is 18.3 Å². The molecule has 2 amide bonds. The van der Waals surface area contributed by atoms with Gasteiger partial charge in [-0.1, -0.05) is 18.2 Å². The number of nitrogens with zero attached hydrogens (tertiary/aromatic N) is 1. The van der Waals surface area contributed by atoms with Gasteiger partial charge in [0.05, 0.1) is 11.8 Å². The van der Waals surface area contributed by atoms with E-state index >= 15 is 0 Å². The number of primary amides is 1. The topological polar surface area (TPSA) is 80.6 Å². The molecule has 0 unspecified atom stereocenters. The van der Waals surface area contributed by atoms with Crippen LogP contribution in [-0.4, -0.2) is 12.2 Å². The van der Waals surface area contributed by atoms with E-state index < -0.39 is 17.8 Å². The monoisotopic (exact) mass is 297 g/mol. The van der Waals surface area contributed by atoms with Crippen LogP contribution in [0.25, 0.3) is 11.3 Å². The van der Waals surface area contributed by atoms with E-state index in [1.165, 1.54) is 30.3 Å². The van der Waals surface area contributed by atoms with Crippen molar-refractivity contribution in [1.82, 2.24) is 5.43 Å². The predicted molar refractivity (Wildman–Crippen MR) is 69.5 cm³/mol. The molecule has 2 rings (SSSR count). The Labute approximate surface area is 117 Å². The molecule has 1 aromatic heterocycles. The van der Waals surface area contributed by atoms with E-state index in [9.17, 15) is 18.0 Å². The molecule has 0 spiro atoms. The molecule has 0 radical (unpaired) electrons. The summed E-state index contributed by atoms with van der Waals surface area (Å²) in [4.78, 5) is 10.4. The molecule has 0 saturated heterocycles. The molecule has 21 heavy (non-hydrogen) atoms. The summed E-state index contributed by atoms with van der Waals surface area (Å²) in [5, 5.41) is 3.45. The summed E-state index contributed by atoms with van der Waals surface area (Å²) >= 11 is 0. The molecular weight excluding hydrogens is 287 g/mol. The Balaban J connectivity index is 2.30. The van der Waals surface area contributed by atoms with Gasteiger partial charge >= 0.3 is 12.2 Å². The molecule has 1 aromatic carbocycles. The first-order valence-electron chi connectivity index (χ1n) is 5.73. The van der Waals surface area contributed by atoms with Crippen molar-refractivity contribution in [3.63, 3.8) is 0 Å². The first-order valence-corrected chi connectivity index (χ1v) is 5.73. The number of nitrogens with one attached hydrogen (secondary N) is 1. The number of furan rings is 1. The van der Waals surface area contributed by atoms with E-state index in [2.05, 4.69) is 5.10 Å². The normalized spacial score (nSPS) is 11.8. The lowest BCUT2D eigenvalue weighted by Crippen LogP contribution is -2.24. The second kappa shape index (κ2) is 5.70. The number of hydrogen-bond donors (Lipinski definition) is 2. The van der Waals surface area contributed by atoms with Crippen molar-refractivity contribution >= 4 is 12.2 Å². The van der Waals surface area contributed by atoms with Gasteiger partial charge in [0.1, 0.15) is 11.5 Å². The largest absolute Gasteiger partial charge is 0.455 e. The Hall–Kier alpha value is -2.77. The molecule has 3 N–H and O–H groups in total. The molecule has 0 saturated carbocycles. The SMILES string of the molecule is NC(=O)N/N=C/c1ccc(-c2ccccc2C(F)(F)F)o1. The highest BCUT2D eigenvalue weighted by Gasteiger charge is 2.33. The van der Waals surface area contributed by atoms with Crippen LogP contribution in [0, 0.1) is 0 Å². The first kappa shape index (κ1) is 14.6. The van der Waals surface area contributed by atoms with Gasteiger partial charge in [0.15, 0.2) is 0 Å². The van der Waals surface area contributed by atoms with Crippen LogP contribution < -0.4 is 11.2 Å². The summed E-state index contributed by atoms with van der Waals surface area (Å²) in [6.07, 6.45) is -3.35. The van der Waals surface area contributed by atoms with Gasteiger partial charge in [0, 0.05) is 5.56 Å². The maximum absolute atomic E-state index is 12.9. The minimum atomic E-state index is -4.48. The Bertz CT molecular complexity index is 677. The lowest BCUT2D eigenvalue weighted by atomic mass is 10.1. The molecule has 0 aliphatic rings. The summed E-state index contributed by atoms with van der Waals surface area (Å²) < 4.78 is 44.0. The number of halogens is 3. The Morgan fingerprint density at radius 3 is 2.62 bits per heavy atom. The van der Waals surface area contributed by atoms with Crippen LogP contribution >= 0.6 is 0 Å². The molecule has 0 aliphatic heterocycles. The fraction of sp³-hybridized carbons (Fsp3) is 0.0769. The highest BCUT2D eigenvalue weighted by Crippen LogP contribution is 2.37. The van der Waals surface area contributed by atoms with Crippen LogP contribution in [-0.2, 0) is 6.18 Å². The number of nitrogens with two attached hydrogens (primary N) is 1. The number of hydrazone groups is 1. The lowest BCUT2D eigenvalue weighted by molar-refractivity contribution is -0.137. The summed E-state index contributed by atoms with van der Waals surface area (Å²) in [5.41, 5.74) is 5.88. The van der Waals surface area contributed by atoms with Crippen molar-refractivity contribution in [2.24, 2.45) is 10.8 Å². The Kier molecular flexibility index (Phi) is 3.97. The van der Waals surface area contributed by atoms with E-state index in [0.717, 1.165) is 12.3 Å². The fourth-order valence-electron chi connectivity index (χ4n) is 1.67. The third-order valence-electron chi connectivity index (χ3n) is 2.49. The second-order valence-corrected chi connectivity index (χ2v) is 3.98. The molecular formula is C13H10F3N3O2. The van der Waals surface area contributed by atoms with Crippen LogP contribution in [0.2, 0.25) is 0 Å². The van der Waals surface area contributed by atoms with Crippen molar-refractivity contribution in [3.05, 3.63) is 47.7 Å². The highest BCUT2D eigenvalue weighted by molar-refractivity contribution is 5.80. The number of alkyl halides is 3. The molecule has 5 nitrogen and oxygen atoms in total. The van der Waals surface area contributed by atoms with Crippen LogP contribution in [0.4, 0.5) is 18.0 Å². The van der Waals surface area contributed by atoms with Gasteiger partial charge in [0.2, 0.25) is 0 Å². The summed E-state index contributed by atoms with van der Waals surface area (Å²) in [6, 6.07) is 7.01. The molecule has 2 aromatic rings. The minimum Gasteiger partial charge on any atom is -0.455 e. The van der Waals surface area contributed by atoms with Gasteiger partial charge < -0.3 is 10.2 Å². The van der Waals surface area contributed by atoms with Gasteiger partial charge in [-0.15, -0.1) is 0 Å². The third-order valence-corrected chi connectivity index (χ3v) is 2.49. The lowest BCUT2D eigenvalue weighted by Gasteiger charge is -2.10. The van der Waals surface area contributed by atoms with Gasteiger partial charge in [0.25, 0.3) is 0 Å². The summed E-state index contributed by atoms with van der Waals surface area (Å²) in [5.74, 6) is 0.221. The third kappa shape index (κ3) is 3.62. The molecule has 0 bridgehead atoms. The predicted octanol–water partition coefficient (Wildman–Crippen LogP) is 2.97. The minimum absolute atomic E-state index is 0.0449. The van der Waals surface area contributed by atoms with Crippen LogP contribution in [0.3, 0.4) is 0 Å². The second-order valence-electron chi connectivity index (χ2n) is 3.98. The Morgan fingerprint density at radius 2 is 1.95 bits per heavy atom. The maximum Gasteiger partial charge on any atom is 0.417 e. The van der Waals surface area contributed by atoms with E-state index in [0.29, 0.717) is 0 Å². The smallest absolute Gasteiger partial charge is 0.417 e. The molecule has 110 valence electrons. The molecule has 1 heterocycles. The average molecular weight is 297 g/mol. The number of urea groups is 1. The zero-order valence-corrected chi connectivity index (χ0v) is 10.5. The Morgan fingerprint density at radius 1 is 1.24 bits per heavy atom. The van der Waals surface area contributed by atoms with Crippen molar-refractivity contribution in [1.29, 1.82) is 0 Å². The number of hydrogen-bond acceptors (Lipinski definition) is 3. The number of carbonyl (C=O) groups excluding carboxylic acids is 1. The fourth-order valence-corrected chi connectivity index (χ4v) is 1.67. The van der Waals surface area contributed by atoms with Gasteiger partial charge in [-0.25, -0.2) is 10.2 Å². The van der Waals surface area contributed by atoms with E-state index in [1.54, 1.807) is 0 Å². The summed E-state index contributed by atoms with van der Waals surface area (Å²) in [6.45, 7) is 0. The van der Waals surface area contributed by atoms with E-state index in [4.69, 9.17) is 10.2 Å². The molecule has 0 atom stereocenters. The first-order chi connectivity index (χ1) is 9.88. The molecule has 0 aliphatic carbocycles. The highest BCUT2D eigenvalue weighted by atomic mass is 19.4. The maximum atomic E-state index is 12.9. The molecule has 0 fully saturated rings. The molecule has 8 heteroatoms. The number of benzene rings is 1. The van der Waals surface area contributed by atoms with Gasteiger partial charge in [-0.3, -0.25) is 0 Å². The van der Waals surface area contributed by atoms with Crippen LogP contribution in [0.15, 0.2) is 45.9 Å². The average Bonchev–Trinajstić information content (AvgIpc) is 2.86. The summed E-state index contributed by atoms with van der Waals surface area (Å²) in [7, 11) is 0. The zero-order valence-electron chi connectivity index (χ0n) is 10.5. The number of carbonyl (C=O) groups is 1. The van der Waals surface area contributed by atoms with E-state index in [1.807, 2.05) is 5.43 Å². The van der Waals surface area contributed by atoms with Crippen molar-refractivity contribution < 1.29 is 22.4 Å². The number of amides is 2. The van der Waals surface area contributed by atoms with Crippen LogP contribution in [0.5, 0.6) is 0 Å². The van der Waals surface area contributed by atoms with Crippen molar-refractivity contribution in [2.75, 3.05) is 0 Å². The van der Waals surface area contributed by atoms with Crippen molar-refractivity contribution in [2.45, 2.75) is 6.18 Å². The standard InChI is InChI=1S/C13H10F3N3O2/c14-13(15,16)10-4-2-1-3-9(10)11-6-5-8(21-11)7-18-19-12(17)20/h1-7H,(H3,17,19,20)/b18-7+. The quantitative estimate of drug-likeness (QED) is 0.674. The number of rotatable bonds is 3. The van der Waals surface area contributed by atoms with Gasteiger partial charge in [-0.05, 0) is 18.2 Å². The van der Waals surface area contributed by atoms with E-state index in [-0.39, 0.29) is 17.1 Å². The zero-order chi connectivity index (χ0) is 15.5.